The second kappa shape index (κ2) is 8.48. The molecule has 0 N–H and O–H groups in total. The van der Waals surface area contributed by atoms with Crippen LogP contribution < -0.4 is 4.18 Å². The molecule has 0 aliphatic heterocycles. The minimum Gasteiger partial charge on any atom is -0.382 e. The molecular weight excluding hydrogens is 287 g/mol. The van der Waals surface area contributed by atoms with E-state index < -0.39 is 18.5 Å². The molecule has 0 saturated carbocycles. The number of hydrogen-bond donors (Lipinski definition) is 0. The van der Waals surface area contributed by atoms with Crippen molar-refractivity contribution in [3.05, 3.63) is 30.3 Å². The molecular formula is C12H19O5PS. The molecule has 1 aromatic carbocycles. The summed E-state index contributed by atoms with van der Waals surface area (Å²) in [6.45, 7) is 4.71. The van der Waals surface area contributed by atoms with Crippen LogP contribution in [0.25, 0.3) is 0 Å². The third-order valence-corrected chi connectivity index (χ3v) is 5.17. The topological polar surface area (TPSA) is 61.8 Å². The van der Waals surface area contributed by atoms with Crippen LogP contribution in [0, 0.1) is 0 Å². The fourth-order valence-electron chi connectivity index (χ4n) is 1.31. The molecule has 0 radical (unpaired) electrons. The zero-order valence-corrected chi connectivity index (χ0v) is 12.8. The molecule has 7 heteroatoms. The van der Waals surface area contributed by atoms with E-state index in [0.717, 1.165) is 0 Å². The van der Waals surface area contributed by atoms with E-state index >= 15 is 0 Å². The van der Waals surface area contributed by atoms with Gasteiger partial charge in [0.05, 0.1) is 19.0 Å². The highest BCUT2D eigenvalue weighted by atomic mass is 32.2. The van der Waals surface area contributed by atoms with Gasteiger partial charge in [-0.05, 0) is 26.0 Å². The van der Waals surface area contributed by atoms with Gasteiger partial charge in [0.25, 0.3) is 0 Å². The fraction of sp³-hybridized carbons (Fsp3) is 0.500. The van der Waals surface area contributed by atoms with E-state index in [9.17, 15) is 8.42 Å². The Morgan fingerprint density at radius 3 is 2.16 bits per heavy atom. The van der Waals surface area contributed by atoms with Gasteiger partial charge in [0.1, 0.15) is 5.75 Å². The maximum Gasteiger partial charge on any atom is 0.309 e. The van der Waals surface area contributed by atoms with E-state index in [1.165, 1.54) is 0 Å². The molecule has 0 heterocycles. The van der Waals surface area contributed by atoms with E-state index in [-0.39, 0.29) is 5.75 Å². The summed E-state index contributed by atoms with van der Waals surface area (Å²) in [5, 5.41) is 0. The van der Waals surface area contributed by atoms with Crippen LogP contribution in [0.3, 0.4) is 0 Å². The van der Waals surface area contributed by atoms with Gasteiger partial charge in [-0.15, -0.1) is 0 Å². The summed E-state index contributed by atoms with van der Waals surface area (Å²) in [6.07, 6.45) is 0.312. The lowest BCUT2D eigenvalue weighted by Crippen LogP contribution is -2.16. The lowest BCUT2D eigenvalue weighted by atomic mass is 10.3. The van der Waals surface area contributed by atoms with Crippen LogP contribution in [0.1, 0.15) is 13.8 Å². The van der Waals surface area contributed by atoms with Crippen LogP contribution in [0.4, 0.5) is 0 Å². The highest BCUT2D eigenvalue weighted by Crippen LogP contribution is 2.37. The average Bonchev–Trinajstić information content (AvgIpc) is 2.37. The summed E-state index contributed by atoms with van der Waals surface area (Å²) in [6, 6.07) is 8.44. The number of rotatable bonds is 9. The van der Waals surface area contributed by atoms with Crippen molar-refractivity contribution in [3.63, 3.8) is 0 Å². The Kier molecular flexibility index (Phi) is 7.31. The van der Waals surface area contributed by atoms with E-state index in [2.05, 4.69) is 0 Å². The molecule has 0 spiro atoms. The Labute approximate surface area is 115 Å². The van der Waals surface area contributed by atoms with Crippen LogP contribution in [-0.4, -0.2) is 33.5 Å². The fourth-order valence-corrected chi connectivity index (χ4v) is 4.19. The van der Waals surface area contributed by atoms with Crippen molar-refractivity contribution in [2.75, 3.05) is 25.1 Å². The Bertz CT molecular complexity index is 442. The van der Waals surface area contributed by atoms with Gasteiger partial charge in [-0.3, -0.25) is 0 Å². The quantitative estimate of drug-likeness (QED) is 0.518. The lowest BCUT2D eigenvalue weighted by Gasteiger charge is -2.15. The van der Waals surface area contributed by atoms with E-state index in [4.69, 9.17) is 13.2 Å². The second-order valence-electron chi connectivity index (χ2n) is 3.55. The van der Waals surface area contributed by atoms with Gasteiger partial charge >= 0.3 is 10.1 Å². The summed E-state index contributed by atoms with van der Waals surface area (Å²) < 4.78 is 39.3. The van der Waals surface area contributed by atoms with Gasteiger partial charge in [0.15, 0.2) is 8.38 Å². The number of hydrogen-bond acceptors (Lipinski definition) is 5. The van der Waals surface area contributed by atoms with Gasteiger partial charge in [0.2, 0.25) is 0 Å². The first-order chi connectivity index (χ1) is 9.07. The lowest BCUT2D eigenvalue weighted by molar-refractivity contribution is 0.270. The predicted molar refractivity (Wildman–Crippen MR) is 75.9 cm³/mol. The first-order valence-electron chi connectivity index (χ1n) is 6.08. The van der Waals surface area contributed by atoms with Crippen molar-refractivity contribution < 1.29 is 21.6 Å². The van der Waals surface area contributed by atoms with Crippen LogP contribution in [0.5, 0.6) is 5.75 Å². The molecule has 1 rings (SSSR count). The third kappa shape index (κ3) is 6.87. The molecule has 0 aliphatic carbocycles. The molecule has 1 aromatic rings. The zero-order valence-electron chi connectivity index (χ0n) is 11.1. The Balaban J connectivity index is 2.50. The van der Waals surface area contributed by atoms with E-state index in [1.54, 1.807) is 30.3 Å². The molecule has 0 atom stereocenters. The largest absolute Gasteiger partial charge is 0.382 e. The summed E-state index contributed by atoms with van der Waals surface area (Å²) in [4.78, 5) is 0. The first-order valence-corrected chi connectivity index (χ1v) is 9.02. The van der Waals surface area contributed by atoms with Crippen molar-refractivity contribution in [2.45, 2.75) is 13.8 Å². The first kappa shape index (κ1) is 16.4. The van der Waals surface area contributed by atoms with Gasteiger partial charge in [-0.2, -0.15) is 8.42 Å². The summed E-state index contributed by atoms with van der Waals surface area (Å²) >= 11 is 0. The predicted octanol–water partition coefficient (Wildman–Crippen LogP) is 2.78. The summed E-state index contributed by atoms with van der Waals surface area (Å²) in [5.41, 5.74) is 0. The highest BCUT2D eigenvalue weighted by molar-refractivity contribution is 7.87. The van der Waals surface area contributed by atoms with Crippen LogP contribution in [0.15, 0.2) is 30.3 Å². The minimum absolute atomic E-state index is 0.117. The van der Waals surface area contributed by atoms with Crippen LogP contribution in [0.2, 0.25) is 0 Å². The highest BCUT2D eigenvalue weighted by Gasteiger charge is 2.18. The van der Waals surface area contributed by atoms with E-state index in [1.807, 2.05) is 13.8 Å². The van der Waals surface area contributed by atoms with E-state index in [0.29, 0.717) is 25.1 Å². The summed E-state index contributed by atoms with van der Waals surface area (Å²) in [5.74, 6) is 0.202. The SMILES string of the molecule is CCOP(CCS(=O)(=O)Oc1ccccc1)OCC. The minimum atomic E-state index is -3.61. The average molecular weight is 306 g/mol. The molecule has 0 bridgehead atoms. The monoisotopic (exact) mass is 306 g/mol. The maximum atomic E-state index is 11.8. The second-order valence-corrected chi connectivity index (χ2v) is 6.87. The zero-order chi connectivity index (χ0) is 14.1. The van der Waals surface area contributed by atoms with Crippen molar-refractivity contribution in [1.29, 1.82) is 0 Å². The van der Waals surface area contributed by atoms with Crippen molar-refractivity contribution in [1.82, 2.24) is 0 Å². The Hall–Kier alpha value is -0.680. The standard InChI is InChI=1S/C12H19O5PS/c1-3-15-18(16-4-2)10-11-19(13,14)17-12-8-6-5-7-9-12/h5-9H,3-4,10-11H2,1-2H3. The van der Waals surface area contributed by atoms with Crippen LogP contribution >= 0.6 is 8.38 Å². The number of para-hydroxylation sites is 1. The third-order valence-electron chi connectivity index (χ3n) is 2.04. The van der Waals surface area contributed by atoms with Gasteiger partial charge in [-0.25, -0.2) is 0 Å². The van der Waals surface area contributed by atoms with Gasteiger partial charge in [-0.1, -0.05) is 18.2 Å². The smallest absolute Gasteiger partial charge is 0.309 e. The number of benzene rings is 1. The Morgan fingerprint density at radius 1 is 1.05 bits per heavy atom. The molecule has 5 nitrogen and oxygen atoms in total. The Morgan fingerprint density at radius 2 is 1.63 bits per heavy atom. The molecule has 0 amide bonds. The van der Waals surface area contributed by atoms with Crippen molar-refractivity contribution in [2.24, 2.45) is 0 Å². The maximum absolute atomic E-state index is 11.8. The molecule has 19 heavy (non-hydrogen) atoms. The van der Waals surface area contributed by atoms with Crippen molar-refractivity contribution in [3.8, 4) is 5.75 Å². The summed E-state index contributed by atoms with van der Waals surface area (Å²) in [7, 11) is -4.77. The molecule has 108 valence electrons. The molecule has 0 aliphatic rings. The van der Waals surface area contributed by atoms with Gasteiger partial charge in [0, 0.05) is 6.16 Å². The molecule has 0 saturated heterocycles. The molecule has 0 unspecified atom stereocenters. The van der Waals surface area contributed by atoms with Crippen LogP contribution in [-0.2, 0) is 19.2 Å². The van der Waals surface area contributed by atoms with Gasteiger partial charge < -0.3 is 13.2 Å². The van der Waals surface area contributed by atoms with Crippen molar-refractivity contribution >= 4 is 18.5 Å². The molecule has 0 fully saturated rings. The molecule has 0 aromatic heterocycles. The normalized spacial score (nSPS) is 11.7.